The van der Waals surface area contributed by atoms with E-state index in [4.69, 9.17) is 10.2 Å². The lowest BCUT2D eigenvalue weighted by molar-refractivity contribution is -0.120. The topological polar surface area (TPSA) is 109 Å². The second kappa shape index (κ2) is 7.72. The number of benzene rings is 1. The van der Waals surface area contributed by atoms with Crippen LogP contribution in [0, 0.1) is 0 Å². The molecule has 6 heteroatoms. The van der Waals surface area contributed by atoms with Gasteiger partial charge in [0.25, 0.3) is 0 Å². The predicted octanol–water partition coefficient (Wildman–Crippen LogP) is 1.25. The summed E-state index contributed by atoms with van der Waals surface area (Å²) in [5, 5.41) is 17.1. The van der Waals surface area contributed by atoms with Gasteiger partial charge < -0.3 is 15.0 Å². The highest BCUT2D eigenvalue weighted by atomic mass is 16.4. The van der Waals surface area contributed by atoms with Crippen molar-refractivity contribution >= 4 is 24.0 Å². The molecule has 0 aliphatic rings. The van der Waals surface area contributed by atoms with E-state index in [1.54, 1.807) is 0 Å². The number of Topliss-reactive ketones (excluding diaryl/α,β-unsaturated/α-hetero) is 1. The Morgan fingerprint density at radius 2 is 1.44 bits per heavy atom. The third-order valence-corrected chi connectivity index (χ3v) is 1.76. The second-order valence-electron chi connectivity index (χ2n) is 3.23. The summed E-state index contributed by atoms with van der Waals surface area (Å²) in [7, 11) is 0. The quantitative estimate of drug-likeness (QED) is 0.616. The van der Waals surface area contributed by atoms with Crippen LogP contribution in [0.4, 0.5) is 0 Å². The molecule has 2 N–H and O–H groups in total. The molecule has 0 saturated carbocycles. The maximum atomic E-state index is 10.5. The number of rotatable bonds is 4. The van der Waals surface area contributed by atoms with Crippen LogP contribution in [-0.2, 0) is 9.59 Å². The fourth-order valence-corrected chi connectivity index (χ4v) is 0.973. The summed E-state index contributed by atoms with van der Waals surface area (Å²) >= 11 is 0. The van der Waals surface area contributed by atoms with Crippen molar-refractivity contribution in [2.75, 3.05) is 0 Å². The standard InChI is InChI=1S/C8H6O4.C4H6O2/c9-7(10)5-3-1-2-4-6(5)8(11)12;1-4(6)2-3-5/h1-4H,(H,9,10)(H,11,12);3H,2H2,1H3. The number of aromatic carboxylic acids is 2. The van der Waals surface area contributed by atoms with E-state index in [-0.39, 0.29) is 23.3 Å². The summed E-state index contributed by atoms with van der Waals surface area (Å²) in [5.41, 5.74) is -0.380. The van der Waals surface area contributed by atoms with Gasteiger partial charge in [0.15, 0.2) is 0 Å². The number of hydrogen-bond donors (Lipinski definition) is 2. The Hall–Kier alpha value is -2.50. The molecule has 1 aromatic rings. The van der Waals surface area contributed by atoms with E-state index in [9.17, 15) is 19.2 Å². The van der Waals surface area contributed by atoms with Crippen LogP contribution >= 0.6 is 0 Å². The maximum absolute atomic E-state index is 10.5. The summed E-state index contributed by atoms with van der Waals surface area (Å²) in [4.78, 5) is 40.1. The fourth-order valence-electron chi connectivity index (χ4n) is 0.973. The molecule has 0 aliphatic carbocycles. The van der Waals surface area contributed by atoms with Crippen LogP contribution in [0.5, 0.6) is 0 Å². The van der Waals surface area contributed by atoms with E-state index in [2.05, 4.69) is 0 Å². The first kappa shape index (κ1) is 15.5. The number of carbonyl (C=O) groups is 4. The van der Waals surface area contributed by atoms with E-state index in [1.807, 2.05) is 0 Å². The van der Waals surface area contributed by atoms with Gasteiger partial charge in [-0.15, -0.1) is 0 Å². The second-order valence-corrected chi connectivity index (χ2v) is 3.23. The molecule has 0 fully saturated rings. The van der Waals surface area contributed by atoms with E-state index < -0.39 is 11.9 Å². The lowest BCUT2D eigenvalue weighted by Gasteiger charge is -1.98. The first-order valence-electron chi connectivity index (χ1n) is 4.88. The molecule has 0 heterocycles. The van der Waals surface area contributed by atoms with Crippen molar-refractivity contribution in [3.63, 3.8) is 0 Å². The first-order chi connectivity index (χ1) is 8.40. The number of hydrogen-bond acceptors (Lipinski definition) is 4. The average Bonchev–Trinajstić information content (AvgIpc) is 2.29. The van der Waals surface area contributed by atoms with Crippen LogP contribution in [-0.4, -0.2) is 34.2 Å². The van der Waals surface area contributed by atoms with Crippen molar-refractivity contribution in [3.8, 4) is 0 Å². The molecule has 0 aliphatic heterocycles. The third kappa shape index (κ3) is 5.55. The molecule has 0 spiro atoms. The maximum Gasteiger partial charge on any atom is 0.336 e. The third-order valence-electron chi connectivity index (χ3n) is 1.76. The fraction of sp³-hybridized carbons (Fsp3) is 0.167. The summed E-state index contributed by atoms with van der Waals surface area (Å²) in [6, 6.07) is 5.48. The molecule has 1 rings (SSSR count). The molecule has 1 aromatic carbocycles. The molecule has 0 amide bonds. The van der Waals surface area contributed by atoms with Gasteiger partial charge in [0, 0.05) is 0 Å². The van der Waals surface area contributed by atoms with Crippen molar-refractivity contribution in [2.45, 2.75) is 13.3 Å². The Bertz CT molecular complexity index is 430. The highest BCUT2D eigenvalue weighted by molar-refractivity contribution is 6.01. The van der Waals surface area contributed by atoms with Crippen LogP contribution in [0.15, 0.2) is 24.3 Å². The van der Waals surface area contributed by atoms with E-state index >= 15 is 0 Å². The molecule has 0 aromatic heterocycles. The van der Waals surface area contributed by atoms with Crippen LogP contribution in [0.3, 0.4) is 0 Å². The monoisotopic (exact) mass is 252 g/mol. The van der Waals surface area contributed by atoms with Gasteiger partial charge in [-0.2, -0.15) is 0 Å². The van der Waals surface area contributed by atoms with Crippen molar-refractivity contribution in [2.24, 2.45) is 0 Å². The van der Waals surface area contributed by atoms with Gasteiger partial charge in [-0.25, -0.2) is 9.59 Å². The van der Waals surface area contributed by atoms with E-state index in [0.717, 1.165) is 0 Å². The highest BCUT2D eigenvalue weighted by Gasteiger charge is 2.13. The lowest BCUT2D eigenvalue weighted by Crippen LogP contribution is -2.06. The SMILES string of the molecule is CC(=O)CC=O.O=C(O)c1ccccc1C(=O)O. The van der Waals surface area contributed by atoms with Crippen LogP contribution in [0.1, 0.15) is 34.1 Å². The number of carbonyl (C=O) groups excluding carboxylic acids is 2. The van der Waals surface area contributed by atoms with E-state index in [0.29, 0.717) is 6.29 Å². The Balaban J connectivity index is 0.000000411. The molecule has 0 bridgehead atoms. The Morgan fingerprint density at radius 3 is 1.61 bits per heavy atom. The van der Waals surface area contributed by atoms with Crippen molar-refractivity contribution in [3.05, 3.63) is 35.4 Å². The minimum atomic E-state index is -1.23. The van der Waals surface area contributed by atoms with Crippen LogP contribution in [0.25, 0.3) is 0 Å². The summed E-state index contributed by atoms with van der Waals surface area (Å²) < 4.78 is 0. The van der Waals surface area contributed by atoms with Gasteiger partial charge in [-0.3, -0.25) is 4.79 Å². The number of carboxylic acid groups (broad SMARTS) is 2. The van der Waals surface area contributed by atoms with Gasteiger partial charge in [0.1, 0.15) is 12.1 Å². The van der Waals surface area contributed by atoms with Crippen LogP contribution in [0.2, 0.25) is 0 Å². The van der Waals surface area contributed by atoms with Crippen molar-refractivity contribution in [1.29, 1.82) is 0 Å². The molecule has 96 valence electrons. The van der Waals surface area contributed by atoms with Crippen LogP contribution < -0.4 is 0 Å². The minimum absolute atomic E-state index is 0.0556. The normalized spacial score (nSPS) is 8.72. The van der Waals surface area contributed by atoms with Gasteiger partial charge in [0.2, 0.25) is 0 Å². The van der Waals surface area contributed by atoms with Gasteiger partial charge in [-0.05, 0) is 19.1 Å². The summed E-state index contributed by atoms with van der Waals surface area (Å²) in [6.07, 6.45) is 0.655. The van der Waals surface area contributed by atoms with E-state index in [1.165, 1.54) is 31.2 Å². The molecule has 0 unspecified atom stereocenters. The molecule has 0 saturated heterocycles. The first-order valence-corrected chi connectivity index (χ1v) is 4.88. The average molecular weight is 252 g/mol. The molecular weight excluding hydrogens is 240 g/mol. The number of aldehydes is 1. The zero-order valence-electron chi connectivity index (χ0n) is 9.62. The molecule has 0 radical (unpaired) electrons. The lowest BCUT2D eigenvalue weighted by atomic mass is 10.1. The zero-order chi connectivity index (χ0) is 14.1. The molecule has 0 atom stereocenters. The largest absolute Gasteiger partial charge is 0.478 e. The van der Waals surface area contributed by atoms with Gasteiger partial charge >= 0.3 is 11.9 Å². The molecular formula is C12H12O6. The Morgan fingerprint density at radius 1 is 1.06 bits per heavy atom. The Kier molecular flexibility index (Phi) is 6.65. The molecule has 18 heavy (non-hydrogen) atoms. The minimum Gasteiger partial charge on any atom is -0.478 e. The van der Waals surface area contributed by atoms with Gasteiger partial charge in [-0.1, -0.05) is 12.1 Å². The smallest absolute Gasteiger partial charge is 0.336 e. The summed E-state index contributed by atoms with van der Waals surface area (Å²) in [5.74, 6) is -2.54. The summed E-state index contributed by atoms with van der Waals surface area (Å²) in [6.45, 7) is 1.38. The van der Waals surface area contributed by atoms with Gasteiger partial charge in [0.05, 0.1) is 17.5 Å². The molecule has 6 nitrogen and oxygen atoms in total. The predicted molar refractivity (Wildman–Crippen MR) is 61.7 cm³/mol. The Labute approximate surface area is 103 Å². The number of carboxylic acids is 2. The zero-order valence-corrected chi connectivity index (χ0v) is 9.62. The highest BCUT2D eigenvalue weighted by Crippen LogP contribution is 2.07. The van der Waals surface area contributed by atoms with Crippen molar-refractivity contribution in [1.82, 2.24) is 0 Å². The van der Waals surface area contributed by atoms with Crippen molar-refractivity contribution < 1.29 is 29.4 Å². The number of ketones is 1.